The van der Waals surface area contributed by atoms with Crippen LogP contribution in [0.4, 0.5) is 13.2 Å². The van der Waals surface area contributed by atoms with Gasteiger partial charge in [0, 0.05) is 24.2 Å². The first-order chi connectivity index (χ1) is 15.0. The minimum atomic E-state index is -5.19. The molecule has 0 saturated carbocycles. The van der Waals surface area contributed by atoms with E-state index in [1.54, 1.807) is 43.3 Å². The largest absolute Gasteiger partial charge is 0.441 e. The number of hydrogen-bond acceptors (Lipinski definition) is 5. The first kappa shape index (κ1) is 21.8. The summed E-state index contributed by atoms with van der Waals surface area (Å²) in [6, 6.07) is 12.6. The summed E-state index contributed by atoms with van der Waals surface area (Å²) in [5.41, 5.74) is -2.57. The fourth-order valence-electron chi connectivity index (χ4n) is 3.94. The summed E-state index contributed by atoms with van der Waals surface area (Å²) in [5.74, 6) is -1.68. The van der Waals surface area contributed by atoms with Gasteiger partial charge < -0.3 is 15.3 Å². The molecule has 166 valence electrons. The van der Waals surface area contributed by atoms with E-state index >= 15 is 0 Å². The molecular formula is C24H21F3N2O3. The van der Waals surface area contributed by atoms with Gasteiger partial charge in [-0.1, -0.05) is 59.7 Å². The van der Waals surface area contributed by atoms with Crippen LogP contribution in [0.15, 0.2) is 71.6 Å². The molecule has 2 N–H and O–H groups in total. The first-order valence-corrected chi connectivity index (χ1v) is 10.0. The Morgan fingerprint density at radius 1 is 0.938 bits per heavy atom. The van der Waals surface area contributed by atoms with Crippen molar-refractivity contribution in [2.24, 2.45) is 0 Å². The van der Waals surface area contributed by atoms with Gasteiger partial charge in [-0.05, 0) is 19.9 Å². The van der Waals surface area contributed by atoms with Crippen molar-refractivity contribution in [2.45, 2.75) is 25.7 Å². The summed E-state index contributed by atoms with van der Waals surface area (Å²) in [7, 11) is 0. The predicted molar refractivity (Wildman–Crippen MR) is 112 cm³/mol. The number of nitrogens with zero attached hydrogens (tertiary/aromatic N) is 1. The molecule has 0 aliphatic carbocycles. The quantitative estimate of drug-likeness (QED) is 0.708. The van der Waals surface area contributed by atoms with Gasteiger partial charge in [-0.3, -0.25) is 9.59 Å². The number of ketones is 2. The molecule has 0 bridgehead atoms. The maximum atomic E-state index is 14.2. The Balaban J connectivity index is 1.90. The second kappa shape index (κ2) is 7.63. The van der Waals surface area contributed by atoms with Crippen molar-refractivity contribution in [1.29, 1.82) is 0 Å². The number of carbonyl (C=O) groups is 2. The van der Waals surface area contributed by atoms with Gasteiger partial charge in [0.15, 0.2) is 11.6 Å². The van der Waals surface area contributed by atoms with Crippen molar-refractivity contribution in [3.05, 3.63) is 93.8 Å². The Kier molecular flexibility index (Phi) is 5.21. The van der Waals surface area contributed by atoms with Gasteiger partial charge in [0.1, 0.15) is 5.82 Å². The maximum absolute atomic E-state index is 14.2. The molecule has 2 aliphatic heterocycles. The van der Waals surface area contributed by atoms with Crippen molar-refractivity contribution >= 4 is 11.6 Å². The topological polar surface area (TPSA) is 69.6 Å². The first-order valence-electron chi connectivity index (χ1n) is 10.0. The van der Waals surface area contributed by atoms with Crippen LogP contribution in [0.1, 0.15) is 31.8 Å². The molecule has 32 heavy (non-hydrogen) atoms. The summed E-state index contributed by atoms with van der Waals surface area (Å²) in [5, 5.41) is 13.7. The number of benzene rings is 2. The van der Waals surface area contributed by atoms with Gasteiger partial charge in [0.2, 0.25) is 0 Å². The molecule has 1 saturated heterocycles. The highest BCUT2D eigenvalue weighted by Gasteiger charge is 2.65. The average Bonchev–Trinajstić information content (AvgIpc) is 3.24. The van der Waals surface area contributed by atoms with Crippen LogP contribution in [-0.2, 0) is 0 Å². The zero-order chi connectivity index (χ0) is 23.3. The second-order valence-corrected chi connectivity index (χ2v) is 7.96. The third-order valence-electron chi connectivity index (χ3n) is 5.72. The molecule has 2 aromatic carbocycles. The standard InChI is InChI=1S/C24H21F3N2O3/c1-14-3-7-16(8-4-14)20(30)18-13-19(21(31)17-9-5-15(2)6-10-17)23(32,24(25,26)27)29-12-11-28-22(18)29/h3-10,13,28,32H,11-12H2,1-2H3. The van der Waals surface area contributed by atoms with E-state index in [1.165, 1.54) is 12.1 Å². The van der Waals surface area contributed by atoms with Crippen LogP contribution >= 0.6 is 0 Å². The summed E-state index contributed by atoms with van der Waals surface area (Å²) < 4.78 is 42.7. The molecule has 8 heteroatoms. The summed E-state index contributed by atoms with van der Waals surface area (Å²) >= 11 is 0. The number of Topliss-reactive ketones (excluding diaryl/α,β-unsaturated/α-hetero) is 2. The number of nitrogens with one attached hydrogen (secondary N) is 1. The summed E-state index contributed by atoms with van der Waals surface area (Å²) in [6.45, 7) is 3.48. The fourth-order valence-corrected chi connectivity index (χ4v) is 3.94. The zero-order valence-electron chi connectivity index (χ0n) is 17.5. The van der Waals surface area contributed by atoms with Crippen LogP contribution in [0.5, 0.6) is 0 Å². The van der Waals surface area contributed by atoms with E-state index in [-0.39, 0.29) is 35.6 Å². The number of hydrogen-bond donors (Lipinski definition) is 2. The smallest absolute Gasteiger partial charge is 0.369 e. The summed E-state index contributed by atoms with van der Waals surface area (Å²) in [4.78, 5) is 27.1. The molecule has 0 spiro atoms. The Bertz CT molecular complexity index is 1150. The molecule has 0 amide bonds. The number of carbonyl (C=O) groups excluding carboxylic acids is 2. The molecule has 0 radical (unpaired) electrons. The third kappa shape index (κ3) is 3.40. The number of halogens is 3. The second-order valence-electron chi connectivity index (χ2n) is 7.96. The molecular weight excluding hydrogens is 421 g/mol. The van der Waals surface area contributed by atoms with Gasteiger partial charge in [-0.25, -0.2) is 0 Å². The molecule has 0 aromatic heterocycles. The maximum Gasteiger partial charge on any atom is 0.441 e. The Hall–Kier alpha value is -3.39. The predicted octanol–water partition coefficient (Wildman–Crippen LogP) is 3.68. The summed E-state index contributed by atoms with van der Waals surface area (Å²) in [6.07, 6.45) is -4.31. The van der Waals surface area contributed by atoms with E-state index in [9.17, 15) is 27.9 Å². The Morgan fingerprint density at radius 2 is 1.44 bits per heavy atom. The van der Waals surface area contributed by atoms with Crippen LogP contribution in [0.3, 0.4) is 0 Å². The lowest BCUT2D eigenvalue weighted by Gasteiger charge is -2.43. The number of aliphatic hydroxyl groups is 1. The van der Waals surface area contributed by atoms with E-state index in [2.05, 4.69) is 5.32 Å². The lowest BCUT2D eigenvalue weighted by Crippen LogP contribution is -2.62. The van der Waals surface area contributed by atoms with E-state index in [1.807, 2.05) is 6.92 Å². The molecule has 1 atom stereocenters. The van der Waals surface area contributed by atoms with E-state index in [4.69, 9.17) is 0 Å². The highest BCUT2D eigenvalue weighted by molar-refractivity contribution is 6.15. The average molecular weight is 442 g/mol. The zero-order valence-corrected chi connectivity index (χ0v) is 17.5. The lowest BCUT2D eigenvalue weighted by molar-refractivity contribution is -0.288. The van der Waals surface area contributed by atoms with Crippen molar-refractivity contribution in [2.75, 3.05) is 13.1 Å². The highest BCUT2D eigenvalue weighted by atomic mass is 19.4. The van der Waals surface area contributed by atoms with Crippen molar-refractivity contribution < 1.29 is 27.9 Å². The SMILES string of the molecule is Cc1ccc(C(=O)C2=CC(C(=O)c3ccc(C)cc3)=C3NCCN3C2(O)C(F)(F)F)cc1. The highest BCUT2D eigenvalue weighted by Crippen LogP contribution is 2.46. The molecule has 1 unspecified atom stereocenters. The molecule has 2 aromatic rings. The van der Waals surface area contributed by atoms with Crippen molar-refractivity contribution in [3.63, 3.8) is 0 Å². The van der Waals surface area contributed by atoms with E-state index in [0.717, 1.165) is 17.2 Å². The normalized spacial score (nSPS) is 20.6. The van der Waals surface area contributed by atoms with Gasteiger partial charge >= 0.3 is 6.18 Å². The van der Waals surface area contributed by atoms with Gasteiger partial charge in [-0.2, -0.15) is 13.2 Å². The lowest BCUT2D eigenvalue weighted by atomic mass is 9.85. The minimum Gasteiger partial charge on any atom is -0.369 e. The number of rotatable bonds is 4. The van der Waals surface area contributed by atoms with Gasteiger partial charge in [0.05, 0.1) is 11.1 Å². The molecule has 1 fully saturated rings. The van der Waals surface area contributed by atoms with E-state index < -0.39 is 29.0 Å². The van der Waals surface area contributed by atoms with Crippen molar-refractivity contribution in [3.8, 4) is 0 Å². The number of alkyl halides is 3. The molecule has 4 rings (SSSR count). The van der Waals surface area contributed by atoms with Crippen LogP contribution in [0, 0.1) is 13.8 Å². The fraction of sp³-hybridized carbons (Fsp3) is 0.250. The molecule has 5 nitrogen and oxygen atoms in total. The Labute approximate surface area is 182 Å². The Morgan fingerprint density at radius 3 is 1.94 bits per heavy atom. The molecule has 2 heterocycles. The van der Waals surface area contributed by atoms with Gasteiger partial charge in [-0.15, -0.1) is 0 Å². The third-order valence-corrected chi connectivity index (χ3v) is 5.72. The van der Waals surface area contributed by atoms with E-state index in [0.29, 0.717) is 4.90 Å². The van der Waals surface area contributed by atoms with Crippen LogP contribution in [-0.4, -0.2) is 46.6 Å². The number of fused-ring (bicyclic) bond motifs is 1. The van der Waals surface area contributed by atoms with Crippen LogP contribution in [0.25, 0.3) is 0 Å². The number of aryl methyl sites for hydroxylation is 2. The van der Waals surface area contributed by atoms with Crippen molar-refractivity contribution in [1.82, 2.24) is 10.2 Å². The minimum absolute atomic E-state index is 0.0118. The monoisotopic (exact) mass is 442 g/mol. The van der Waals surface area contributed by atoms with Crippen LogP contribution in [0.2, 0.25) is 0 Å². The van der Waals surface area contributed by atoms with Crippen LogP contribution < -0.4 is 5.32 Å². The van der Waals surface area contributed by atoms with Gasteiger partial charge in [0.25, 0.3) is 5.72 Å². The number of allylic oxidation sites excluding steroid dienone is 2. The molecule has 2 aliphatic rings.